The third-order valence-corrected chi connectivity index (χ3v) is 15.8. The number of nitrogens with zero attached hydrogens (tertiary/aromatic N) is 6. The van der Waals surface area contributed by atoms with Gasteiger partial charge in [-0.3, -0.25) is 28.8 Å². The van der Waals surface area contributed by atoms with Crippen LogP contribution in [0, 0.1) is 0 Å². The highest BCUT2D eigenvalue weighted by molar-refractivity contribution is 7.17. The molecule has 12 N–H and O–H groups in total. The Labute approximate surface area is 672 Å². The maximum atomic E-state index is 12.0. The number of carbonyl (C=O) groups excluding carboxylic acids is 6. The zero-order chi connectivity index (χ0) is 82.8. The summed E-state index contributed by atoms with van der Waals surface area (Å²) in [6, 6.07) is 56.3. The second kappa shape index (κ2) is 43.2. The van der Waals surface area contributed by atoms with E-state index in [2.05, 4.69) is 135 Å². The molecule has 30 heteroatoms. The second-order valence-corrected chi connectivity index (χ2v) is 32.0. The van der Waals surface area contributed by atoms with Crippen LogP contribution in [0.2, 0.25) is 0 Å². The van der Waals surface area contributed by atoms with Gasteiger partial charge in [0.15, 0.2) is 26.8 Å². The Hall–Kier alpha value is -12.5. The standard InChI is InChI=1S/3C14H17N3O2.2C14H17N3OS.C11H11N3OS.C2H6/c1-14(2,3)17-11-9-19-13(16-11)12(18)15-10-7-5-4-6-8-10;1-14(2,3)17-13-16-11(9-19-13)12(18)15-10-7-5-4-6-8-10;1-14(2,3)17-13-15-9-11(19-13)12(18)16-10-7-5-4-6-8-10;1-14(2,3)17-11-9-19-13(16-11)12(18)15-10-7-5-4-6-8-10;1-14(2,3)17-13-15-9-11(19-13)12(18)16-10-7-5-4-6-8-10;1-12-11-14-9(7-16-11)10(15)13-8-5-3-2-4-6-8;1-2/h4-9,17H,1-3H3,(H,15,18);4-9H,1-3H3,(H,15,18)(H,16,17);4-9H,1-3H3,(H,15,17)(H,16,18);4-9,17H,1-3H3,(H,15,18);4-9H,1-3H3,(H,15,17)(H,16,18);2-7H,1H3,(H,12,14)(H,13,15);1-2H3. The molecular weight excluding hydrogens is 1490 g/mol. The number of rotatable bonds is 18. The summed E-state index contributed by atoms with van der Waals surface area (Å²) in [6.07, 6.45) is 5.78. The summed E-state index contributed by atoms with van der Waals surface area (Å²) in [5.74, 6) is 0.00567. The molecule has 12 rings (SSSR count). The van der Waals surface area contributed by atoms with Crippen LogP contribution in [0.5, 0.6) is 0 Å². The van der Waals surface area contributed by atoms with Gasteiger partial charge in [0.25, 0.3) is 47.5 Å². The highest BCUT2D eigenvalue weighted by Crippen LogP contribution is 2.25. The first-order valence-corrected chi connectivity index (χ1v) is 38.6. The van der Waals surface area contributed by atoms with E-state index >= 15 is 0 Å². The molecule has 0 saturated heterocycles. The highest BCUT2D eigenvalue weighted by atomic mass is 32.1. The average molecular weight is 1590 g/mol. The minimum Gasteiger partial charge on any atom is -0.439 e. The molecule has 0 saturated carbocycles. The van der Waals surface area contributed by atoms with E-state index in [1.54, 1.807) is 30.8 Å². The van der Waals surface area contributed by atoms with Gasteiger partial charge in [0.1, 0.15) is 28.9 Å². The summed E-state index contributed by atoms with van der Waals surface area (Å²) < 4.78 is 15.7. The van der Waals surface area contributed by atoms with E-state index in [9.17, 15) is 28.8 Å². The van der Waals surface area contributed by atoms with Crippen molar-refractivity contribution in [1.29, 1.82) is 0 Å². The van der Waals surface area contributed by atoms with Crippen molar-refractivity contribution in [1.82, 2.24) is 29.9 Å². The first kappa shape index (κ1) is 89.4. The molecule has 0 aliphatic heterocycles. The lowest BCUT2D eigenvalue weighted by molar-refractivity contribution is 0.0985. The topological polar surface area (TPSA) is 364 Å². The normalized spacial score (nSPS) is 10.8. The van der Waals surface area contributed by atoms with E-state index in [1.807, 2.05) is 251 Å². The monoisotopic (exact) mass is 1590 g/mol. The fourth-order valence-corrected chi connectivity index (χ4v) is 10.9. The molecule has 6 heterocycles. The number of benzene rings is 6. The van der Waals surface area contributed by atoms with Crippen molar-refractivity contribution in [2.45, 2.75) is 145 Å². The van der Waals surface area contributed by atoms with Crippen LogP contribution >= 0.6 is 34.0 Å². The molecule has 6 aromatic carbocycles. The van der Waals surface area contributed by atoms with Gasteiger partial charge in [-0.15, -0.1) is 22.7 Å². The largest absolute Gasteiger partial charge is 0.439 e. The Morgan fingerprint density at radius 2 is 0.743 bits per heavy atom. The lowest BCUT2D eigenvalue weighted by Crippen LogP contribution is -2.26. The molecule has 0 aliphatic carbocycles. The van der Waals surface area contributed by atoms with Gasteiger partial charge in [0.2, 0.25) is 5.76 Å². The first-order chi connectivity index (χ1) is 53.5. The number of amides is 6. The molecule has 0 fully saturated rings. The lowest BCUT2D eigenvalue weighted by atomic mass is 10.1. The summed E-state index contributed by atoms with van der Waals surface area (Å²) in [5, 5.41) is 40.8. The van der Waals surface area contributed by atoms with Crippen molar-refractivity contribution >= 4 is 138 Å². The number of oxazole rings is 3. The summed E-state index contributed by atoms with van der Waals surface area (Å²) in [6.45, 7) is 34.3. The second-order valence-electron chi connectivity index (χ2n) is 29.3. The van der Waals surface area contributed by atoms with Crippen LogP contribution in [-0.2, 0) is 0 Å². The molecule has 113 heavy (non-hydrogen) atoms. The highest BCUT2D eigenvalue weighted by Gasteiger charge is 2.22. The molecule has 0 unspecified atom stereocenters. The van der Waals surface area contributed by atoms with Gasteiger partial charge in [0.05, 0.1) is 12.4 Å². The van der Waals surface area contributed by atoms with E-state index in [0.717, 1.165) is 38.8 Å². The number of anilines is 12. The number of hydrogen-bond acceptors (Lipinski definition) is 24. The van der Waals surface area contributed by atoms with E-state index in [0.29, 0.717) is 44.8 Å². The average Bonchev–Trinajstić information content (AvgIpc) is 1.75. The quantitative estimate of drug-likeness (QED) is 0.0380. The van der Waals surface area contributed by atoms with Crippen molar-refractivity contribution in [3.63, 3.8) is 0 Å². The van der Waals surface area contributed by atoms with E-state index < -0.39 is 0 Å². The van der Waals surface area contributed by atoms with Crippen LogP contribution < -0.4 is 63.8 Å². The van der Waals surface area contributed by atoms with Crippen LogP contribution in [0.3, 0.4) is 0 Å². The molecule has 596 valence electrons. The van der Waals surface area contributed by atoms with Gasteiger partial charge in [-0.2, -0.15) is 9.97 Å². The van der Waals surface area contributed by atoms with Gasteiger partial charge in [0, 0.05) is 79.6 Å². The van der Waals surface area contributed by atoms with Crippen molar-refractivity contribution < 1.29 is 42.0 Å². The Bertz CT molecular complexity index is 4240. The SMILES string of the molecule is CC.CC(C)(C)Nc1coc(C(=O)Nc2ccccc2)n1.CC(C)(C)Nc1csc(C(=O)Nc2ccccc2)n1.CC(C)(C)Nc1nc(C(=O)Nc2ccccc2)co1.CC(C)(C)Nc1ncc(C(=O)Nc2ccccc2)o1.CC(C)(C)Nc1ncc(C(=O)Nc2ccccc2)s1.CNc1nc(C(=O)Nc2ccccc2)cs1. The summed E-state index contributed by atoms with van der Waals surface area (Å²) in [7, 11) is 1.78. The Kier molecular flexibility index (Phi) is 34.1. The van der Waals surface area contributed by atoms with Gasteiger partial charge in [-0.25, -0.2) is 19.9 Å². The molecule has 6 aromatic heterocycles. The predicted molar refractivity (Wildman–Crippen MR) is 460 cm³/mol. The number of aromatic nitrogens is 6. The van der Waals surface area contributed by atoms with Crippen LogP contribution in [-0.4, -0.2) is 100 Å². The third-order valence-electron chi connectivity index (χ3n) is 13.2. The fourth-order valence-electron chi connectivity index (χ4n) is 8.68. The van der Waals surface area contributed by atoms with Crippen molar-refractivity contribution in [2.75, 3.05) is 70.8 Å². The van der Waals surface area contributed by atoms with E-state index in [1.165, 1.54) is 52.7 Å². The van der Waals surface area contributed by atoms with Gasteiger partial charge in [-0.1, -0.05) is 134 Å². The Morgan fingerprint density at radius 3 is 1.18 bits per heavy atom. The van der Waals surface area contributed by atoms with Crippen LogP contribution in [0.1, 0.15) is 179 Å². The summed E-state index contributed by atoms with van der Waals surface area (Å²) in [4.78, 5) is 97.0. The molecule has 0 atom stereocenters. The number of carbonyl (C=O) groups is 6. The molecule has 0 spiro atoms. The lowest BCUT2D eigenvalue weighted by Gasteiger charge is -2.19. The Balaban J connectivity index is 0.000000210. The van der Waals surface area contributed by atoms with Gasteiger partial charge >= 0.3 is 5.91 Å². The molecule has 27 nitrogen and oxygen atoms in total. The number of hydrogen-bond donors (Lipinski definition) is 12. The Morgan fingerprint density at radius 1 is 0.345 bits per heavy atom. The fraction of sp³-hybridized carbons (Fsp3) is 0.277. The van der Waals surface area contributed by atoms with Crippen molar-refractivity contribution in [2.24, 2.45) is 0 Å². The zero-order valence-electron chi connectivity index (χ0n) is 66.9. The maximum Gasteiger partial charge on any atom is 0.311 e. The molecule has 12 aromatic rings. The summed E-state index contributed by atoms with van der Waals surface area (Å²) >= 11 is 4.09. The van der Waals surface area contributed by atoms with Crippen molar-refractivity contribution in [3.8, 4) is 0 Å². The third kappa shape index (κ3) is 34.9. The zero-order valence-corrected chi connectivity index (χ0v) is 69.3. The number of nitrogens with one attached hydrogen (secondary N) is 12. The van der Waals surface area contributed by atoms with E-state index in [-0.39, 0.29) is 80.5 Å². The number of thiazole rings is 3. The molecular formula is C83H102N18O9S3. The molecule has 6 amide bonds. The maximum absolute atomic E-state index is 12.0. The van der Waals surface area contributed by atoms with Crippen molar-refractivity contribution in [3.05, 3.63) is 251 Å². The van der Waals surface area contributed by atoms with Gasteiger partial charge < -0.3 is 77.1 Å². The molecule has 0 aliphatic rings. The van der Waals surface area contributed by atoms with Crippen LogP contribution in [0.4, 0.5) is 68.1 Å². The van der Waals surface area contributed by atoms with Crippen LogP contribution in [0.15, 0.2) is 231 Å². The first-order valence-electron chi connectivity index (χ1n) is 36.0. The molecule has 0 radical (unpaired) electrons. The minimum absolute atomic E-state index is 0.0376. The predicted octanol–water partition coefficient (Wildman–Crippen LogP) is 20.1. The van der Waals surface area contributed by atoms with Crippen LogP contribution in [0.25, 0.3) is 0 Å². The summed E-state index contributed by atoms with van der Waals surface area (Å²) in [5.41, 5.74) is 4.54. The minimum atomic E-state index is -0.367. The molecule has 0 bridgehead atoms. The van der Waals surface area contributed by atoms with Gasteiger partial charge in [-0.05, 0) is 177 Å². The number of para-hydroxylation sites is 6. The smallest absolute Gasteiger partial charge is 0.311 e. The van der Waals surface area contributed by atoms with E-state index in [4.69, 9.17) is 13.3 Å².